The van der Waals surface area contributed by atoms with Crippen LogP contribution in [0.15, 0.2) is 58.4 Å². The Hall–Kier alpha value is -1.16. The SMILES string of the molecule is CC(Cc1ccc(Br)cc1)NCc1csc2ccccc12. The Morgan fingerprint density at radius 3 is 2.67 bits per heavy atom. The minimum Gasteiger partial charge on any atom is -0.310 e. The van der Waals surface area contributed by atoms with E-state index in [4.69, 9.17) is 0 Å². The van der Waals surface area contributed by atoms with Gasteiger partial charge in [0, 0.05) is 21.8 Å². The third-order valence-corrected chi connectivity index (χ3v) is 5.20. The van der Waals surface area contributed by atoms with E-state index in [0.29, 0.717) is 6.04 Å². The van der Waals surface area contributed by atoms with E-state index in [1.54, 1.807) is 0 Å². The van der Waals surface area contributed by atoms with Crippen molar-refractivity contribution in [2.75, 3.05) is 0 Å². The first-order chi connectivity index (χ1) is 10.2. The van der Waals surface area contributed by atoms with Crippen molar-refractivity contribution in [2.45, 2.75) is 25.9 Å². The number of hydrogen-bond acceptors (Lipinski definition) is 2. The number of halogens is 1. The van der Waals surface area contributed by atoms with E-state index in [2.05, 4.69) is 82.1 Å². The second kappa shape index (κ2) is 6.73. The first-order valence-corrected chi connectivity index (χ1v) is 8.82. The maximum atomic E-state index is 3.64. The number of thiophene rings is 1. The second-order valence-electron chi connectivity index (χ2n) is 5.37. The molecule has 0 aliphatic carbocycles. The predicted molar refractivity (Wildman–Crippen MR) is 96.0 cm³/mol. The van der Waals surface area contributed by atoms with E-state index in [-0.39, 0.29) is 0 Å². The lowest BCUT2D eigenvalue weighted by atomic mass is 10.1. The Balaban J connectivity index is 1.60. The summed E-state index contributed by atoms with van der Waals surface area (Å²) >= 11 is 5.30. The molecule has 3 aromatic rings. The molecule has 0 radical (unpaired) electrons. The fraction of sp³-hybridized carbons (Fsp3) is 0.222. The molecule has 3 heteroatoms. The molecule has 1 N–H and O–H groups in total. The van der Waals surface area contributed by atoms with Gasteiger partial charge in [0.05, 0.1) is 0 Å². The second-order valence-corrected chi connectivity index (χ2v) is 7.20. The Kier molecular flexibility index (Phi) is 4.73. The van der Waals surface area contributed by atoms with Crippen LogP contribution in [0.2, 0.25) is 0 Å². The minimum atomic E-state index is 0.463. The molecule has 0 saturated heterocycles. The molecular formula is C18H18BrNS. The average Bonchev–Trinajstić information content (AvgIpc) is 2.91. The van der Waals surface area contributed by atoms with Crippen molar-refractivity contribution in [3.8, 4) is 0 Å². The summed E-state index contributed by atoms with van der Waals surface area (Å²) in [6.45, 7) is 3.18. The fourth-order valence-corrected chi connectivity index (χ4v) is 3.73. The maximum Gasteiger partial charge on any atom is 0.0346 e. The Bertz CT molecular complexity index is 717. The van der Waals surface area contributed by atoms with Gasteiger partial charge in [-0.25, -0.2) is 0 Å². The highest BCUT2D eigenvalue weighted by atomic mass is 79.9. The molecule has 1 heterocycles. The van der Waals surface area contributed by atoms with Crippen LogP contribution in [0.1, 0.15) is 18.1 Å². The van der Waals surface area contributed by atoms with Crippen LogP contribution in [0.5, 0.6) is 0 Å². The largest absolute Gasteiger partial charge is 0.310 e. The molecule has 1 atom stereocenters. The zero-order chi connectivity index (χ0) is 14.7. The van der Waals surface area contributed by atoms with Crippen molar-refractivity contribution < 1.29 is 0 Å². The fourth-order valence-electron chi connectivity index (χ4n) is 2.50. The molecule has 0 aliphatic heterocycles. The van der Waals surface area contributed by atoms with Gasteiger partial charge in [-0.3, -0.25) is 0 Å². The summed E-state index contributed by atoms with van der Waals surface area (Å²) in [7, 11) is 0. The van der Waals surface area contributed by atoms with Gasteiger partial charge in [-0.1, -0.05) is 46.3 Å². The number of fused-ring (bicyclic) bond motifs is 1. The van der Waals surface area contributed by atoms with Crippen LogP contribution in [-0.2, 0) is 13.0 Å². The molecule has 3 rings (SSSR count). The molecule has 0 aliphatic rings. The Labute approximate surface area is 138 Å². The van der Waals surface area contributed by atoms with Gasteiger partial charge in [0.15, 0.2) is 0 Å². The normalized spacial score (nSPS) is 12.7. The summed E-state index contributed by atoms with van der Waals surface area (Å²) in [4.78, 5) is 0. The van der Waals surface area contributed by atoms with E-state index in [1.165, 1.54) is 21.2 Å². The summed E-state index contributed by atoms with van der Waals surface area (Å²) in [6.07, 6.45) is 1.05. The average molecular weight is 360 g/mol. The van der Waals surface area contributed by atoms with Crippen LogP contribution in [0.4, 0.5) is 0 Å². The highest BCUT2D eigenvalue weighted by Crippen LogP contribution is 2.25. The molecule has 2 aromatic carbocycles. The molecule has 21 heavy (non-hydrogen) atoms. The predicted octanol–water partition coefficient (Wildman–Crippen LogP) is 5.38. The van der Waals surface area contributed by atoms with Crippen LogP contribution in [0.3, 0.4) is 0 Å². The highest BCUT2D eigenvalue weighted by molar-refractivity contribution is 9.10. The molecule has 0 spiro atoms. The lowest BCUT2D eigenvalue weighted by Gasteiger charge is -2.13. The first kappa shape index (κ1) is 14.8. The molecule has 0 amide bonds. The number of benzene rings is 2. The van der Waals surface area contributed by atoms with Gasteiger partial charge >= 0.3 is 0 Å². The summed E-state index contributed by atoms with van der Waals surface area (Å²) in [5.41, 5.74) is 2.77. The third-order valence-electron chi connectivity index (χ3n) is 3.66. The quantitative estimate of drug-likeness (QED) is 0.644. The Morgan fingerprint density at radius 2 is 1.86 bits per heavy atom. The van der Waals surface area contributed by atoms with Gasteiger partial charge in [0.2, 0.25) is 0 Å². The molecular weight excluding hydrogens is 342 g/mol. The standard InChI is InChI=1S/C18H18BrNS/c1-13(10-14-6-8-16(19)9-7-14)20-11-15-12-21-18-5-3-2-4-17(15)18/h2-9,12-13,20H,10-11H2,1H3. The maximum absolute atomic E-state index is 3.64. The van der Waals surface area contributed by atoms with Gasteiger partial charge in [-0.15, -0.1) is 11.3 Å². The smallest absolute Gasteiger partial charge is 0.0346 e. The van der Waals surface area contributed by atoms with Gasteiger partial charge in [-0.05, 0) is 53.4 Å². The van der Waals surface area contributed by atoms with Gasteiger partial charge in [0.25, 0.3) is 0 Å². The van der Waals surface area contributed by atoms with Gasteiger partial charge in [-0.2, -0.15) is 0 Å². The molecule has 0 bridgehead atoms. The van der Waals surface area contributed by atoms with Crippen molar-refractivity contribution in [3.05, 3.63) is 69.5 Å². The van der Waals surface area contributed by atoms with E-state index in [1.807, 2.05) is 11.3 Å². The zero-order valence-electron chi connectivity index (χ0n) is 12.0. The van der Waals surface area contributed by atoms with Crippen molar-refractivity contribution in [1.29, 1.82) is 0 Å². The van der Waals surface area contributed by atoms with Gasteiger partial charge < -0.3 is 5.32 Å². The van der Waals surface area contributed by atoms with Crippen LogP contribution in [0.25, 0.3) is 10.1 Å². The van der Waals surface area contributed by atoms with Crippen molar-refractivity contribution in [3.63, 3.8) is 0 Å². The molecule has 1 aromatic heterocycles. The molecule has 108 valence electrons. The molecule has 1 unspecified atom stereocenters. The van der Waals surface area contributed by atoms with Crippen molar-refractivity contribution >= 4 is 37.4 Å². The summed E-state index contributed by atoms with van der Waals surface area (Å²) in [5.74, 6) is 0. The highest BCUT2D eigenvalue weighted by Gasteiger charge is 2.06. The van der Waals surface area contributed by atoms with Gasteiger partial charge in [0.1, 0.15) is 0 Å². The van der Waals surface area contributed by atoms with Crippen molar-refractivity contribution in [1.82, 2.24) is 5.32 Å². The molecule has 1 nitrogen and oxygen atoms in total. The summed E-state index contributed by atoms with van der Waals surface area (Å²) < 4.78 is 2.51. The first-order valence-electron chi connectivity index (χ1n) is 7.15. The number of rotatable bonds is 5. The van der Waals surface area contributed by atoms with Crippen LogP contribution in [-0.4, -0.2) is 6.04 Å². The number of hydrogen-bond donors (Lipinski definition) is 1. The minimum absolute atomic E-state index is 0.463. The Morgan fingerprint density at radius 1 is 1.10 bits per heavy atom. The monoisotopic (exact) mass is 359 g/mol. The zero-order valence-corrected chi connectivity index (χ0v) is 14.4. The lowest BCUT2D eigenvalue weighted by Crippen LogP contribution is -2.27. The van der Waals surface area contributed by atoms with Crippen molar-refractivity contribution in [2.24, 2.45) is 0 Å². The van der Waals surface area contributed by atoms with Crippen LogP contribution < -0.4 is 5.32 Å². The van der Waals surface area contributed by atoms with E-state index in [0.717, 1.165) is 17.4 Å². The number of nitrogens with one attached hydrogen (secondary N) is 1. The van der Waals surface area contributed by atoms with E-state index in [9.17, 15) is 0 Å². The summed E-state index contributed by atoms with van der Waals surface area (Å²) in [5, 5.41) is 7.28. The van der Waals surface area contributed by atoms with E-state index < -0.39 is 0 Å². The third kappa shape index (κ3) is 3.73. The summed E-state index contributed by atoms with van der Waals surface area (Å²) in [6, 6.07) is 17.7. The van der Waals surface area contributed by atoms with E-state index >= 15 is 0 Å². The molecule has 0 saturated carbocycles. The topological polar surface area (TPSA) is 12.0 Å². The van der Waals surface area contributed by atoms with Crippen LogP contribution in [0, 0.1) is 0 Å². The lowest BCUT2D eigenvalue weighted by molar-refractivity contribution is 0.547. The molecule has 0 fully saturated rings. The van der Waals surface area contributed by atoms with Crippen LogP contribution >= 0.6 is 27.3 Å².